The Bertz CT molecular complexity index is 255. The van der Waals surface area contributed by atoms with E-state index in [0.29, 0.717) is 0 Å². The smallest absolute Gasteiger partial charge is 0.0886 e. The molecule has 0 saturated heterocycles. The molecule has 2 aromatic heterocycles. The highest BCUT2D eigenvalue weighted by atomic mass is 32.1. The van der Waals surface area contributed by atoms with Gasteiger partial charge >= 0.3 is 0 Å². The molecule has 0 aliphatic rings. The molecule has 0 N–H and O–H groups in total. The molecule has 0 aliphatic carbocycles. The summed E-state index contributed by atoms with van der Waals surface area (Å²) in [7, 11) is 0. The van der Waals surface area contributed by atoms with Crippen LogP contribution in [-0.2, 0) is 0 Å². The first-order valence-corrected chi connectivity index (χ1v) is 4.06. The van der Waals surface area contributed by atoms with Gasteiger partial charge in [-0.1, -0.05) is 8.98 Å². The third-order valence-corrected chi connectivity index (χ3v) is 2.49. The van der Waals surface area contributed by atoms with Gasteiger partial charge in [0.05, 0.1) is 22.1 Å². The maximum atomic E-state index is 3.72. The van der Waals surface area contributed by atoms with Gasteiger partial charge in [-0.05, 0) is 23.1 Å². The van der Waals surface area contributed by atoms with Crippen LogP contribution in [0.2, 0.25) is 0 Å². The third kappa shape index (κ3) is 0.910. The monoisotopic (exact) mass is 170 g/mol. The summed E-state index contributed by atoms with van der Waals surface area (Å²) in [4.78, 5) is 2.05. The van der Waals surface area contributed by atoms with Gasteiger partial charge in [0.15, 0.2) is 0 Å². The van der Waals surface area contributed by atoms with E-state index in [1.807, 2.05) is 0 Å². The number of hydrogen-bond donors (Lipinski definition) is 0. The second kappa shape index (κ2) is 2.39. The molecule has 0 spiro atoms. The lowest BCUT2D eigenvalue weighted by molar-refractivity contribution is 1.15. The van der Waals surface area contributed by atoms with Crippen molar-refractivity contribution in [2.75, 3.05) is 0 Å². The molecule has 2 rings (SSSR count). The molecule has 0 bridgehead atoms. The summed E-state index contributed by atoms with van der Waals surface area (Å²) in [5.74, 6) is 0. The van der Waals surface area contributed by atoms with Crippen molar-refractivity contribution in [1.82, 2.24) is 19.2 Å². The standard InChI is InChI=1S/C4H2N4S2/c1-3(9-7-5-1)4-2-6-8-10-4/h1-2H. The molecule has 2 heterocycles. The molecular formula is C4H2N4S2. The van der Waals surface area contributed by atoms with Crippen LogP contribution in [0.1, 0.15) is 0 Å². The molecule has 0 saturated carbocycles. The first-order valence-electron chi connectivity index (χ1n) is 2.52. The third-order valence-electron chi connectivity index (χ3n) is 0.965. The molecule has 0 aliphatic heterocycles. The molecule has 2 aromatic rings. The average Bonchev–Trinajstić information content (AvgIpc) is 2.59. The van der Waals surface area contributed by atoms with E-state index in [9.17, 15) is 0 Å². The van der Waals surface area contributed by atoms with Gasteiger partial charge in [0.2, 0.25) is 0 Å². The van der Waals surface area contributed by atoms with Gasteiger partial charge in [0, 0.05) is 0 Å². The van der Waals surface area contributed by atoms with Crippen molar-refractivity contribution < 1.29 is 0 Å². The number of rotatable bonds is 1. The van der Waals surface area contributed by atoms with Crippen LogP contribution in [0.15, 0.2) is 12.4 Å². The van der Waals surface area contributed by atoms with E-state index in [0.717, 1.165) is 9.75 Å². The Morgan fingerprint density at radius 1 is 0.900 bits per heavy atom. The fourth-order valence-electron chi connectivity index (χ4n) is 0.551. The van der Waals surface area contributed by atoms with Crippen molar-refractivity contribution in [3.05, 3.63) is 12.4 Å². The topological polar surface area (TPSA) is 51.6 Å². The first-order chi connectivity index (χ1) is 4.97. The Balaban J connectivity index is 2.48. The van der Waals surface area contributed by atoms with Crippen LogP contribution in [0.5, 0.6) is 0 Å². The van der Waals surface area contributed by atoms with Crippen LogP contribution >= 0.6 is 23.1 Å². The maximum absolute atomic E-state index is 3.72. The summed E-state index contributed by atoms with van der Waals surface area (Å²) < 4.78 is 7.44. The van der Waals surface area contributed by atoms with Crippen LogP contribution in [0.3, 0.4) is 0 Å². The molecule has 6 heteroatoms. The Labute approximate surface area is 64.9 Å². The summed E-state index contributed by atoms with van der Waals surface area (Å²) in [5, 5.41) is 7.40. The second-order valence-electron chi connectivity index (χ2n) is 1.56. The molecule has 0 fully saturated rings. The molecular weight excluding hydrogens is 168 g/mol. The van der Waals surface area contributed by atoms with Crippen LogP contribution < -0.4 is 0 Å². The van der Waals surface area contributed by atoms with Crippen molar-refractivity contribution in [2.24, 2.45) is 0 Å². The Hall–Kier alpha value is -0.880. The highest BCUT2D eigenvalue weighted by Crippen LogP contribution is 2.22. The largest absolute Gasteiger partial charge is 0.146 e. The van der Waals surface area contributed by atoms with Crippen molar-refractivity contribution >= 4 is 23.1 Å². The van der Waals surface area contributed by atoms with E-state index < -0.39 is 0 Å². The summed E-state index contributed by atoms with van der Waals surface area (Å²) in [6, 6.07) is 0. The van der Waals surface area contributed by atoms with E-state index >= 15 is 0 Å². The number of nitrogens with zero attached hydrogens (tertiary/aromatic N) is 4. The molecule has 0 unspecified atom stereocenters. The van der Waals surface area contributed by atoms with Gasteiger partial charge in [0.25, 0.3) is 0 Å². The van der Waals surface area contributed by atoms with Crippen LogP contribution in [0.25, 0.3) is 9.75 Å². The zero-order chi connectivity index (χ0) is 6.81. The predicted molar refractivity (Wildman–Crippen MR) is 38.8 cm³/mol. The van der Waals surface area contributed by atoms with Gasteiger partial charge in [0.1, 0.15) is 0 Å². The van der Waals surface area contributed by atoms with Gasteiger partial charge in [-0.3, -0.25) is 0 Å². The van der Waals surface area contributed by atoms with E-state index in [2.05, 4.69) is 19.2 Å². The van der Waals surface area contributed by atoms with Crippen LogP contribution in [-0.4, -0.2) is 19.2 Å². The maximum Gasteiger partial charge on any atom is 0.0886 e. The number of hydrogen-bond acceptors (Lipinski definition) is 6. The minimum atomic E-state index is 1.02. The van der Waals surface area contributed by atoms with E-state index in [1.54, 1.807) is 12.4 Å². The molecule has 10 heavy (non-hydrogen) atoms. The van der Waals surface area contributed by atoms with E-state index in [4.69, 9.17) is 0 Å². The molecule has 0 amide bonds. The minimum absolute atomic E-state index is 1.02. The molecule has 0 radical (unpaired) electrons. The lowest BCUT2D eigenvalue weighted by Crippen LogP contribution is -1.59. The highest BCUT2D eigenvalue weighted by molar-refractivity contribution is 7.16. The van der Waals surface area contributed by atoms with Crippen LogP contribution in [0.4, 0.5) is 0 Å². The van der Waals surface area contributed by atoms with Crippen molar-refractivity contribution in [2.45, 2.75) is 0 Å². The van der Waals surface area contributed by atoms with Crippen molar-refractivity contribution in [1.29, 1.82) is 0 Å². The Morgan fingerprint density at radius 2 is 1.40 bits per heavy atom. The molecule has 50 valence electrons. The predicted octanol–water partition coefficient (Wildman–Crippen LogP) is 1.06. The van der Waals surface area contributed by atoms with Gasteiger partial charge in [-0.15, -0.1) is 10.2 Å². The molecule has 0 aromatic carbocycles. The van der Waals surface area contributed by atoms with Gasteiger partial charge < -0.3 is 0 Å². The fraction of sp³-hybridized carbons (Fsp3) is 0. The zero-order valence-electron chi connectivity index (χ0n) is 4.76. The highest BCUT2D eigenvalue weighted by Gasteiger charge is 2.01. The lowest BCUT2D eigenvalue weighted by atomic mass is 10.5. The molecule has 0 atom stereocenters. The molecule has 4 nitrogen and oxygen atoms in total. The summed E-state index contributed by atoms with van der Waals surface area (Å²) >= 11 is 2.70. The second-order valence-corrected chi connectivity index (χ2v) is 3.13. The van der Waals surface area contributed by atoms with Crippen molar-refractivity contribution in [3.63, 3.8) is 0 Å². The van der Waals surface area contributed by atoms with Crippen LogP contribution in [0, 0.1) is 0 Å². The van der Waals surface area contributed by atoms with Crippen molar-refractivity contribution in [3.8, 4) is 9.75 Å². The summed E-state index contributed by atoms with van der Waals surface area (Å²) in [6.45, 7) is 0. The zero-order valence-corrected chi connectivity index (χ0v) is 6.39. The van der Waals surface area contributed by atoms with E-state index in [-0.39, 0.29) is 0 Å². The summed E-state index contributed by atoms with van der Waals surface area (Å²) in [6.07, 6.45) is 3.42. The first kappa shape index (κ1) is 5.87. The number of aromatic nitrogens is 4. The Morgan fingerprint density at radius 3 is 1.70 bits per heavy atom. The minimum Gasteiger partial charge on any atom is -0.146 e. The quantitative estimate of drug-likeness (QED) is 0.642. The summed E-state index contributed by atoms with van der Waals surface area (Å²) in [5.41, 5.74) is 0. The van der Waals surface area contributed by atoms with E-state index in [1.165, 1.54) is 23.1 Å². The SMILES string of the molecule is c1nnsc1-c1cnns1. The fourth-order valence-corrected chi connectivity index (χ4v) is 1.61. The van der Waals surface area contributed by atoms with Gasteiger partial charge in [-0.25, -0.2) is 0 Å². The Kier molecular flexibility index (Phi) is 1.40. The van der Waals surface area contributed by atoms with Gasteiger partial charge in [-0.2, -0.15) is 0 Å². The normalized spacial score (nSPS) is 10.0. The average molecular weight is 170 g/mol. The lowest BCUT2D eigenvalue weighted by Gasteiger charge is -1.78.